The van der Waals surface area contributed by atoms with Crippen molar-refractivity contribution in [1.82, 2.24) is 77.9 Å². The number of methoxy groups -OCH3 is 5. The number of ketones is 1. The molecule has 802 valence electrons. The fourth-order valence-corrected chi connectivity index (χ4v) is 29.7. The van der Waals surface area contributed by atoms with Crippen molar-refractivity contribution < 1.29 is 121 Å². The normalized spacial score (nSPS) is 31.1. The number of carbonyl (C=O) groups is 5. The quantitative estimate of drug-likeness (QED) is 0.0218. The third-order valence-electron chi connectivity index (χ3n) is 31.4. The lowest BCUT2D eigenvalue weighted by molar-refractivity contribution is -0.120. The number of amides is 4. The van der Waals surface area contributed by atoms with Gasteiger partial charge in [-0.15, -0.1) is 0 Å². The van der Waals surface area contributed by atoms with E-state index in [4.69, 9.17) is 42.3 Å². The Hall–Kier alpha value is -8.21. The highest BCUT2D eigenvalue weighted by Crippen LogP contribution is 2.65. The van der Waals surface area contributed by atoms with Crippen LogP contribution in [0.15, 0.2) is 73.8 Å². The lowest BCUT2D eigenvalue weighted by Gasteiger charge is -2.37. The second-order valence-electron chi connectivity index (χ2n) is 40.6. The third-order valence-corrected chi connectivity index (χ3v) is 39.5. The molecule has 0 bridgehead atoms. The summed E-state index contributed by atoms with van der Waals surface area (Å²) in [6, 6.07) is 6.18. The van der Waals surface area contributed by atoms with Gasteiger partial charge >= 0.3 is 24.4 Å². The molecule has 5 aromatic rings. The highest BCUT2D eigenvalue weighted by molar-refractivity contribution is 7.93. The molecule has 144 heavy (non-hydrogen) atoms. The van der Waals surface area contributed by atoms with E-state index in [-0.39, 0.29) is 103 Å². The van der Waals surface area contributed by atoms with Crippen LogP contribution in [0.4, 0.5) is 40.6 Å². The topological polar surface area (TPSA) is 460 Å². The summed E-state index contributed by atoms with van der Waals surface area (Å²) in [5, 5.41) is 0. The van der Waals surface area contributed by atoms with Crippen LogP contribution in [0.2, 0.25) is 18.1 Å². The van der Waals surface area contributed by atoms with Crippen LogP contribution in [-0.4, -0.2) is 320 Å². The highest BCUT2D eigenvalue weighted by Gasteiger charge is 2.64. The van der Waals surface area contributed by atoms with Crippen molar-refractivity contribution in [2.45, 2.75) is 314 Å². The van der Waals surface area contributed by atoms with Crippen LogP contribution in [0.3, 0.4) is 0 Å². The van der Waals surface area contributed by atoms with Gasteiger partial charge in [-0.05, 0) is 203 Å². The van der Waals surface area contributed by atoms with E-state index in [0.29, 0.717) is 97.8 Å². The van der Waals surface area contributed by atoms with Crippen molar-refractivity contribution in [1.29, 1.82) is 0 Å². The number of hydrogen-bond donors (Lipinski definition) is 3. The molecule has 38 nitrogen and oxygen atoms in total. The standard InChI is InChI=1S/C23H40N2O6SSi.3C20H29FN4O5S.C11H11FN2O.CH3FS/c1-8-33(9-2,10-3)31-17-22-21(15-18(4)25(22)23(26)30-6)24(32(7,27)28)16-19-11-13-20(29-5)14-12-19;3*1-12-6-16(24-31(3,27)28)17(25(12)19(26)29-2)11-30-15-4-5-20(8-13(20)7-15)18-22-9-14(21)10-23-18;12-8-5-13-10(14-6-8)11-2-1-9(15)3-7(11)4-11;1-3-2/h11-14,18,21-22H,8-10,15-17H2,1-7H3;3*9-10,12-13,15-17,24H,4-8,11H2,1-3H3;5-7H,1-4H2;1H3/t18-,21+,22+;12-,13?,15?,16+,17+,20?;12-,13+,15-,16+,17+,20+;12-,13-,15+,16+,17+,20-;;/m1111../s1. The van der Waals surface area contributed by atoms with E-state index in [9.17, 15) is 79.1 Å². The first-order chi connectivity index (χ1) is 68.0. The molecule has 8 heterocycles. The molecule has 4 saturated heterocycles. The minimum absolute atomic E-state index is 0.00160. The molecule has 5 unspecified atom stereocenters. The van der Waals surface area contributed by atoms with Crippen molar-refractivity contribution in [2.75, 3.05) is 93.3 Å². The monoisotopic (exact) mass is 2140 g/mol. The number of nitrogens with one attached hydrogen (secondary N) is 3. The van der Waals surface area contributed by atoms with Crippen LogP contribution in [0.25, 0.3) is 0 Å². The Bertz CT molecular complexity index is 5310. The Kier molecular flexibility index (Phi) is 38.3. The summed E-state index contributed by atoms with van der Waals surface area (Å²) in [6.07, 6.45) is 29.3. The fourth-order valence-electron chi connectivity index (χ4n) is 23.5. The van der Waals surface area contributed by atoms with Gasteiger partial charge in [-0.3, -0.25) is 24.4 Å². The van der Waals surface area contributed by atoms with E-state index in [1.165, 1.54) is 94.8 Å². The first kappa shape index (κ1) is 114. The molecular weight excluding hydrogens is 2000 g/mol. The van der Waals surface area contributed by atoms with E-state index >= 15 is 0 Å². The van der Waals surface area contributed by atoms with Crippen molar-refractivity contribution in [3.05, 3.63) is 126 Å². The Morgan fingerprint density at radius 2 is 0.736 bits per heavy atom. The van der Waals surface area contributed by atoms with Crippen LogP contribution in [0.1, 0.15) is 206 Å². The molecule has 4 aromatic heterocycles. The van der Waals surface area contributed by atoms with Gasteiger partial charge in [-0.2, -0.15) is 8.19 Å². The van der Waals surface area contributed by atoms with E-state index < -0.39 is 144 Å². The number of ether oxygens (including phenoxy) is 8. The maximum absolute atomic E-state index is 13.2. The number of nitrogens with zero attached hydrogens (tertiary/aromatic N) is 13. The van der Waals surface area contributed by atoms with Crippen molar-refractivity contribution in [3.63, 3.8) is 0 Å². The van der Waals surface area contributed by atoms with Gasteiger partial charge in [0, 0.05) is 108 Å². The molecular formula is C95H141F5N16O22S5Si. The zero-order valence-electron chi connectivity index (χ0n) is 84.9. The Morgan fingerprint density at radius 1 is 0.444 bits per heavy atom. The number of Topliss-reactive ketones (excluding diaryl/α,β-unsaturated/α-hetero) is 1. The minimum atomic E-state index is -3.57. The van der Waals surface area contributed by atoms with Gasteiger partial charge in [0.15, 0.2) is 31.6 Å². The van der Waals surface area contributed by atoms with Crippen molar-refractivity contribution >= 4 is 90.7 Å². The number of carbonyl (C=O) groups excluding carboxylic acids is 5. The van der Waals surface area contributed by atoms with Crippen LogP contribution in [-0.2, 0) is 111 Å². The number of fused-ring (bicyclic) bond motifs is 4. The van der Waals surface area contributed by atoms with Gasteiger partial charge in [-0.25, -0.2) is 124 Å². The summed E-state index contributed by atoms with van der Waals surface area (Å²) >= 11 is 0.250. The molecule has 17 rings (SSSR count). The number of halogens is 5. The van der Waals surface area contributed by atoms with Crippen LogP contribution in [0.5, 0.6) is 5.75 Å². The molecule has 0 spiro atoms. The van der Waals surface area contributed by atoms with Gasteiger partial charge in [0.1, 0.15) is 34.8 Å². The Labute approximate surface area is 847 Å². The number of aromatic nitrogens is 8. The van der Waals surface area contributed by atoms with Crippen molar-refractivity contribution in [2.24, 2.45) is 23.7 Å². The van der Waals surface area contributed by atoms with Crippen LogP contribution in [0, 0.1) is 46.9 Å². The molecule has 49 heteroatoms. The second kappa shape index (κ2) is 48.2. The zero-order valence-corrected chi connectivity index (χ0v) is 90.0. The maximum atomic E-state index is 13.2. The highest BCUT2D eigenvalue weighted by atomic mass is 32.2. The molecule has 3 N–H and O–H groups in total. The first-order valence-corrected chi connectivity index (χ1v) is 60.3. The van der Waals surface area contributed by atoms with E-state index in [1.54, 1.807) is 26.7 Å². The molecule has 23 atom stereocenters. The van der Waals surface area contributed by atoms with E-state index in [2.05, 4.69) is 74.8 Å². The average molecular weight is 2140 g/mol. The molecule has 12 aliphatic rings. The van der Waals surface area contributed by atoms with Crippen molar-refractivity contribution in [3.8, 4) is 5.75 Å². The van der Waals surface area contributed by atoms with Gasteiger partial charge in [0.2, 0.25) is 40.1 Å². The lowest BCUT2D eigenvalue weighted by Crippen LogP contribution is -2.53. The van der Waals surface area contributed by atoms with Gasteiger partial charge in [0.25, 0.3) is 0 Å². The summed E-state index contributed by atoms with van der Waals surface area (Å²) in [6.45, 7) is 15.2. The number of likely N-dealkylation sites (tertiary alicyclic amines) is 4. The molecule has 1 aromatic carbocycles. The number of sulfonamides is 4. The molecule has 4 aliphatic heterocycles. The fraction of sp³-hybridized carbons (Fsp3) is 0.716. The molecule has 12 fully saturated rings. The Morgan fingerprint density at radius 3 is 1.01 bits per heavy atom. The lowest BCUT2D eigenvalue weighted by atomic mass is 9.86. The molecule has 8 aliphatic carbocycles. The third kappa shape index (κ3) is 27.9. The van der Waals surface area contributed by atoms with E-state index in [1.807, 2.05) is 52.0 Å². The van der Waals surface area contributed by atoms with Crippen LogP contribution < -0.4 is 18.9 Å². The number of benzene rings is 1. The number of rotatable bonds is 30. The number of hydrogen-bond acceptors (Lipinski definition) is 31. The summed E-state index contributed by atoms with van der Waals surface area (Å²) in [5.74, 6) is 3.75. The molecule has 4 amide bonds. The zero-order chi connectivity index (χ0) is 105. The van der Waals surface area contributed by atoms with Gasteiger partial charge in [0.05, 0.1) is 179 Å². The smallest absolute Gasteiger partial charge is 0.410 e. The average Bonchev–Trinajstić information content (AvgIpc) is 1.57. The largest absolute Gasteiger partial charge is 0.497 e. The second-order valence-corrected chi connectivity index (χ2v) is 53.0. The van der Waals surface area contributed by atoms with Crippen LogP contribution >= 0.6 is 12.1 Å². The van der Waals surface area contributed by atoms with Gasteiger partial charge in [-0.1, -0.05) is 32.9 Å². The summed E-state index contributed by atoms with van der Waals surface area (Å²) < 4.78 is 219. The molecule has 8 saturated carbocycles. The van der Waals surface area contributed by atoms with E-state index in [0.717, 1.165) is 138 Å². The predicted octanol–water partition coefficient (Wildman–Crippen LogP) is 11.7. The summed E-state index contributed by atoms with van der Waals surface area (Å²) in [5.41, 5.74) is 0.626. The Balaban J connectivity index is 0.000000162. The maximum Gasteiger partial charge on any atom is 0.410 e. The summed E-state index contributed by atoms with van der Waals surface area (Å²) in [7, 11) is -8.90. The first-order valence-electron chi connectivity index (χ1n) is 49.1. The minimum Gasteiger partial charge on any atom is -0.497 e. The van der Waals surface area contributed by atoms with Gasteiger partial charge < -0.3 is 42.3 Å². The summed E-state index contributed by atoms with van der Waals surface area (Å²) in [4.78, 5) is 100. The predicted molar refractivity (Wildman–Crippen MR) is 525 cm³/mol. The molecule has 0 radical (unpaired) electrons. The SMILES string of the molecule is CC[Si](CC)(CC)OC[C@H]1[C@@H](N(Cc2ccc(OC)cc2)S(C)(=O)=O)C[C@@H](C)N1C(=O)OC.COC(=O)N1[C@H](C)C[C@H](NS(C)(=O)=O)[C@@H]1COC1CCC2(c3ncc(F)cn3)CC2C1.COC(=O)N1[C@H](C)C[C@H](NS(C)(=O)=O)[C@@H]1CO[C@@H]1CC[C@]2(c3ncc(F)cn3)C[C@@H]2C1.COC(=O)N1[C@H](C)C[C@H](NS(C)(=O)=O)[C@@H]1CO[C@H]1CC[C@@]2(c3ncc(F)cn3)C[C@H]2C1.CSF.O=C1CCC2(c3ncc(F)cn3)CC2C1.